The van der Waals surface area contributed by atoms with Crippen LogP contribution < -0.4 is 22.9 Å². The van der Waals surface area contributed by atoms with Crippen molar-refractivity contribution in [2.75, 3.05) is 22.9 Å². The summed E-state index contributed by atoms with van der Waals surface area (Å²) in [5, 5.41) is 33.8. The number of hydrogen-bond donors (Lipinski definition) is 6. The van der Waals surface area contributed by atoms with Gasteiger partial charge in [0.15, 0.2) is 0 Å². The average molecular weight is 819 g/mol. The Morgan fingerprint density at radius 2 is 0.672 bits per heavy atom. The summed E-state index contributed by atoms with van der Waals surface area (Å²) < 4.78 is 63.6. The van der Waals surface area contributed by atoms with E-state index in [2.05, 4.69) is 40.9 Å². The Kier molecular flexibility index (Phi) is 11.5. The van der Waals surface area contributed by atoms with Crippen molar-refractivity contribution in [3.63, 3.8) is 0 Å². The lowest BCUT2D eigenvalue weighted by molar-refractivity contribution is 0.481. The van der Waals surface area contributed by atoms with Gasteiger partial charge in [0, 0.05) is 0 Å². The van der Waals surface area contributed by atoms with Crippen molar-refractivity contribution in [2.24, 2.45) is 40.9 Å². The second-order valence-corrected chi connectivity index (χ2v) is 15.5. The summed E-state index contributed by atoms with van der Waals surface area (Å²) in [5.74, 6) is 0. The number of anilines is 4. The van der Waals surface area contributed by atoms with Gasteiger partial charge < -0.3 is 22.9 Å². The Labute approximate surface area is 332 Å². The lowest BCUT2D eigenvalue weighted by Crippen LogP contribution is -1.96. The van der Waals surface area contributed by atoms with Crippen molar-refractivity contribution in [3.8, 4) is 11.1 Å². The molecule has 6 aromatic rings. The number of nitrogens with zero attached hydrogens (tertiary/aromatic N) is 8. The highest BCUT2D eigenvalue weighted by Gasteiger charge is 2.15. The normalized spacial score (nSPS) is 12.4. The molecule has 0 saturated heterocycles. The zero-order valence-corrected chi connectivity index (χ0v) is 32.3. The molecule has 58 heavy (non-hydrogen) atoms. The highest BCUT2D eigenvalue weighted by atomic mass is 32.2. The minimum Gasteiger partial charge on any atom is -0.397 e. The summed E-state index contributed by atoms with van der Waals surface area (Å²) in [4.78, 5) is -0.557. The molecule has 18 nitrogen and oxygen atoms in total. The fourth-order valence-electron chi connectivity index (χ4n) is 5.26. The van der Waals surface area contributed by atoms with Crippen LogP contribution in [0.25, 0.3) is 11.1 Å². The van der Waals surface area contributed by atoms with Gasteiger partial charge in [-0.05, 0) is 121 Å². The lowest BCUT2D eigenvalue weighted by atomic mass is 10.1. The van der Waals surface area contributed by atoms with E-state index in [0.717, 1.165) is 11.1 Å². The number of nitrogen functional groups attached to an aromatic ring is 4. The summed E-state index contributed by atoms with van der Waals surface area (Å²) in [6, 6.07) is 28.3. The van der Waals surface area contributed by atoms with Crippen molar-refractivity contribution in [2.45, 2.75) is 23.6 Å². The van der Waals surface area contributed by atoms with Crippen LogP contribution in [0.1, 0.15) is 11.1 Å². The van der Waals surface area contributed by atoms with Crippen LogP contribution in [-0.4, -0.2) is 25.9 Å². The summed E-state index contributed by atoms with van der Waals surface area (Å²) in [5.41, 5.74) is 31.8. The first-order valence-electron chi connectivity index (χ1n) is 16.9. The predicted octanol–water partition coefficient (Wildman–Crippen LogP) is 10.5. The van der Waals surface area contributed by atoms with Gasteiger partial charge in [-0.15, -0.1) is 20.5 Å². The van der Waals surface area contributed by atoms with Gasteiger partial charge in [-0.2, -0.15) is 37.3 Å². The van der Waals surface area contributed by atoms with Crippen LogP contribution in [0.5, 0.6) is 0 Å². The van der Waals surface area contributed by atoms with E-state index < -0.39 is 20.2 Å². The van der Waals surface area contributed by atoms with E-state index in [-0.39, 0.29) is 43.9 Å². The third-order valence-electron chi connectivity index (χ3n) is 8.54. The van der Waals surface area contributed by atoms with Gasteiger partial charge in [0.2, 0.25) is 0 Å². The second kappa shape index (κ2) is 16.5. The van der Waals surface area contributed by atoms with Gasteiger partial charge in [0.05, 0.1) is 55.3 Å². The minimum atomic E-state index is -4.35. The van der Waals surface area contributed by atoms with E-state index in [0.29, 0.717) is 45.3 Å². The van der Waals surface area contributed by atoms with Crippen molar-refractivity contribution in [1.29, 1.82) is 0 Å². The zero-order chi connectivity index (χ0) is 41.8. The molecule has 0 fully saturated rings. The Bertz CT molecular complexity index is 2670. The molecule has 0 amide bonds. The topological polar surface area (TPSA) is 312 Å². The van der Waals surface area contributed by atoms with E-state index in [9.17, 15) is 25.9 Å². The molecule has 0 aromatic heterocycles. The zero-order valence-electron chi connectivity index (χ0n) is 30.6. The average Bonchev–Trinajstić information content (AvgIpc) is 3.19. The first kappa shape index (κ1) is 40.4. The van der Waals surface area contributed by atoms with E-state index in [1.165, 1.54) is 48.5 Å². The quantitative estimate of drug-likeness (QED) is 0.0408. The van der Waals surface area contributed by atoms with Crippen LogP contribution in [0.4, 0.5) is 68.2 Å². The van der Waals surface area contributed by atoms with Crippen molar-refractivity contribution in [3.05, 3.63) is 120 Å². The molecule has 0 aliphatic carbocycles. The molecule has 0 atom stereocenters. The molecule has 0 heterocycles. The third kappa shape index (κ3) is 9.39. The third-order valence-corrected chi connectivity index (χ3v) is 10.3. The maximum atomic E-state index is 11.3. The second-order valence-electron chi connectivity index (χ2n) is 12.6. The number of azo groups is 4. The summed E-state index contributed by atoms with van der Waals surface area (Å²) in [6.07, 6.45) is 0. The summed E-state index contributed by atoms with van der Waals surface area (Å²) >= 11 is 0. The number of benzene rings is 6. The molecule has 0 bridgehead atoms. The van der Waals surface area contributed by atoms with Crippen LogP contribution >= 0.6 is 0 Å². The maximum Gasteiger partial charge on any atom is 0.294 e. The lowest BCUT2D eigenvalue weighted by Gasteiger charge is -2.09. The van der Waals surface area contributed by atoms with Gasteiger partial charge in [-0.25, -0.2) is 0 Å². The van der Waals surface area contributed by atoms with Crippen LogP contribution in [-0.2, 0) is 20.2 Å². The largest absolute Gasteiger partial charge is 0.397 e. The van der Waals surface area contributed by atoms with Crippen LogP contribution in [0.3, 0.4) is 0 Å². The van der Waals surface area contributed by atoms with E-state index in [1.54, 1.807) is 50.2 Å². The number of nitrogens with two attached hydrogens (primary N) is 4. The Morgan fingerprint density at radius 3 is 0.966 bits per heavy atom. The molecule has 0 aliphatic rings. The highest BCUT2D eigenvalue weighted by molar-refractivity contribution is 7.86. The molecule has 294 valence electrons. The van der Waals surface area contributed by atoms with Gasteiger partial charge in [-0.1, -0.05) is 24.3 Å². The predicted molar refractivity (Wildman–Crippen MR) is 221 cm³/mol. The Hall–Kier alpha value is -7.26. The molecule has 0 radical (unpaired) electrons. The fourth-order valence-corrected chi connectivity index (χ4v) is 6.22. The van der Waals surface area contributed by atoms with E-state index >= 15 is 0 Å². The first-order chi connectivity index (χ1) is 27.5. The number of hydrogen-bond acceptors (Lipinski definition) is 16. The summed E-state index contributed by atoms with van der Waals surface area (Å²) in [7, 11) is -8.70. The Morgan fingerprint density at radius 1 is 0.397 bits per heavy atom. The van der Waals surface area contributed by atoms with E-state index in [1.807, 2.05) is 24.3 Å². The molecular weight excluding hydrogens is 785 g/mol. The van der Waals surface area contributed by atoms with Gasteiger partial charge >= 0.3 is 0 Å². The molecule has 6 aromatic carbocycles. The smallest absolute Gasteiger partial charge is 0.294 e. The molecule has 0 spiro atoms. The fraction of sp³-hybridized carbons (Fsp3) is 0.0526. The molecule has 0 aliphatic heterocycles. The van der Waals surface area contributed by atoms with Crippen LogP contribution in [0.15, 0.2) is 160 Å². The monoisotopic (exact) mass is 818 g/mol. The Balaban J connectivity index is 1.14. The summed E-state index contributed by atoms with van der Waals surface area (Å²) in [6.45, 7) is 3.52. The molecule has 20 heteroatoms. The molecule has 0 unspecified atom stereocenters. The number of aryl methyl sites for hydroxylation is 2. The molecule has 10 N–H and O–H groups in total. The standard InChI is InChI=1S/C38H34N12O6S2/c1-21-19-31(35(41)37(33(21)39)49-45-27-11-15-29(16-12-27)57(51,52)53)47-43-25-7-3-23(4-8-25)24-5-9-26(10-6-24)44-48-32-20-22(2)34(40)38(36(32)42)50-46-28-13-17-30(18-14-28)58(54,55)56/h3-20H,39-42H2,1-2H3,(H,51,52,53)(H,54,55,56). The molecular formula is C38H34N12O6S2. The van der Waals surface area contributed by atoms with Crippen molar-refractivity contribution >= 4 is 88.5 Å². The minimum absolute atomic E-state index is 0.142. The maximum absolute atomic E-state index is 11.3. The van der Waals surface area contributed by atoms with Gasteiger partial charge in [0.1, 0.15) is 22.7 Å². The first-order valence-corrected chi connectivity index (χ1v) is 19.8. The SMILES string of the molecule is Cc1cc(N=Nc2ccc(-c3ccc(N=Nc4cc(C)c(N)c(N=Nc5ccc(S(=O)(=O)O)cc5)c4N)cc3)cc2)c(N)c(N=Nc2ccc(S(=O)(=O)O)cc2)c1N. The molecule has 0 saturated carbocycles. The van der Waals surface area contributed by atoms with Crippen LogP contribution in [0.2, 0.25) is 0 Å². The highest BCUT2D eigenvalue weighted by Crippen LogP contribution is 2.43. The van der Waals surface area contributed by atoms with Crippen molar-refractivity contribution < 1.29 is 25.9 Å². The number of rotatable bonds is 11. The van der Waals surface area contributed by atoms with Crippen LogP contribution in [0, 0.1) is 13.8 Å². The van der Waals surface area contributed by atoms with E-state index in [4.69, 9.17) is 22.9 Å². The van der Waals surface area contributed by atoms with Crippen molar-refractivity contribution in [1.82, 2.24) is 0 Å². The molecule has 6 rings (SSSR count). The van der Waals surface area contributed by atoms with Gasteiger partial charge in [-0.3, -0.25) is 9.11 Å². The van der Waals surface area contributed by atoms with Gasteiger partial charge in [0.25, 0.3) is 20.2 Å².